The summed E-state index contributed by atoms with van der Waals surface area (Å²) in [5.74, 6) is 0. The van der Waals surface area contributed by atoms with Crippen LogP contribution in [0.5, 0.6) is 0 Å². The molecule has 0 heterocycles. The first-order chi connectivity index (χ1) is 4.16. The third kappa shape index (κ3) is 5.53. The Morgan fingerprint density at radius 3 is 2.67 bits per heavy atom. The average Bonchev–Trinajstić information content (AvgIpc) is 1.63. The summed E-state index contributed by atoms with van der Waals surface area (Å²) in [6.45, 7) is 5.95. The maximum atomic E-state index is 9.03. The van der Waals surface area contributed by atoms with Crippen LogP contribution in [0.4, 0.5) is 0 Å². The van der Waals surface area contributed by atoms with Crippen LogP contribution in [0.3, 0.4) is 0 Å². The van der Waals surface area contributed by atoms with Crippen LogP contribution in [0, 0.1) is 0 Å². The fraction of sp³-hybridized carbons (Fsp3) is 0.714. The van der Waals surface area contributed by atoms with Crippen molar-refractivity contribution in [3.8, 4) is 0 Å². The van der Waals surface area contributed by atoms with Crippen molar-refractivity contribution in [3.05, 3.63) is 12.2 Å². The second kappa shape index (κ2) is 4.53. The molecule has 0 saturated heterocycles. The second-order valence-corrected chi connectivity index (χ2v) is 2.27. The fourth-order valence-corrected chi connectivity index (χ4v) is 0.654. The highest BCUT2D eigenvalue weighted by molar-refractivity contribution is 4.90. The molecule has 0 aliphatic rings. The lowest BCUT2D eigenvalue weighted by Gasteiger charge is -2.07. The molecule has 0 aromatic carbocycles. The van der Waals surface area contributed by atoms with Gasteiger partial charge in [0.25, 0.3) is 0 Å². The van der Waals surface area contributed by atoms with Gasteiger partial charge in [0.1, 0.15) is 0 Å². The summed E-state index contributed by atoms with van der Waals surface area (Å²) in [7, 11) is 1.57. The van der Waals surface area contributed by atoms with Crippen molar-refractivity contribution in [2.24, 2.45) is 0 Å². The molecule has 0 radical (unpaired) electrons. The molecule has 0 amide bonds. The van der Waals surface area contributed by atoms with Gasteiger partial charge in [-0.1, -0.05) is 5.57 Å². The van der Waals surface area contributed by atoms with Gasteiger partial charge in [0.2, 0.25) is 0 Å². The first-order valence-electron chi connectivity index (χ1n) is 2.98. The normalized spacial score (nSPS) is 13.2. The van der Waals surface area contributed by atoms with Crippen LogP contribution < -0.4 is 0 Å². The van der Waals surface area contributed by atoms with Crippen LogP contribution in [-0.2, 0) is 4.74 Å². The zero-order valence-electron chi connectivity index (χ0n) is 6.05. The fourth-order valence-electron chi connectivity index (χ4n) is 0.654. The Kier molecular flexibility index (Phi) is 4.36. The molecule has 0 aromatic heterocycles. The highest BCUT2D eigenvalue weighted by Crippen LogP contribution is 2.00. The molecule has 2 heteroatoms. The number of aliphatic hydroxyl groups is 1. The minimum Gasteiger partial charge on any atom is -0.390 e. The molecule has 0 fully saturated rings. The van der Waals surface area contributed by atoms with Crippen LogP contribution in [-0.4, -0.2) is 24.9 Å². The van der Waals surface area contributed by atoms with Crippen LogP contribution in [0.1, 0.15) is 13.3 Å². The highest BCUT2D eigenvalue weighted by Gasteiger charge is 2.01. The van der Waals surface area contributed by atoms with Gasteiger partial charge in [0.05, 0.1) is 12.7 Å². The Balaban J connectivity index is 3.26. The van der Waals surface area contributed by atoms with E-state index in [9.17, 15) is 0 Å². The third-order valence-corrected chi connectivity index (χ3v) is 0.943. The smallest absolute Gasteiger partial charge is 0.0810 e. The molecular formula is C7H14O2. The van der Waals surface area contributed by atoms with E-state index in [1.807, 2.05) is 6.92 Å². The van der Waals surface area contributed by atoms with Crippen molar-refractivity contribution < 1.29 is 9.84 Å². The number of hydrogen-bond acceptors (Lipinski definition) is 2. The maximum Gasteiger partial charge on any atom is 0.0810 e. The molecule has 54 valence electrons. The van der Waals surface area contributed by atoms with Gasteiger partial charge >= 0.3 is 0 Å². The Morgan fingerprint density at radius 2 is 2.33 bits per heavy atom. The second-order valence-electron chi connectivity index (χ2n) is 2.27. The van der Waals surface area contributed by atoms with E-state index in [4.69, 9.17) is 9.84 Å². The number of ether oxygens (including phenoxy) is 1. The van der Waals surface area contributed by atoms with Crippen molar-refractivity contribution in [2.75, 3.05) is 13.7 Å². The maximum absolute atomic E-state index is 9.03. The number of rotatable bonds is 4. The highest BCUT2D eigenvalue weighted by atomic mass is 16.5. The van der Waals surface area contributed by atoms with E-state index in [-0.39, 0.29) is 6.10 Å². The molecule has 0 aliphatic heterocycles. The van der Waals surface area contributed by atoms with Crippen LogP contribution in [0.2, 0.25) is 0 Å². The first-order valence-corrected chi connectivity index (χ1v) is 2.98. The molecule has 9 heavy (non-hydrogen) atoms. The lowest BCUT2D eigenvalue weighted by Crippen LogP contribution is -2.13. The van der Waals surface area contributed by atoms with E-state index in [1.54, 1.807) is 7.11 Å². The van der Waals surface area contributed by atoms with Gasteiger partial charge in [-0.3, -0.25) is 0 Å². The minimum absolute atomic E-state index is 0.382. The van der Waals surface area contributed by atoms with Gasteiger partial charge < -0.3 is 9.84 Å². The van der Waals surface area contributed by atoms with E-state index in [2.05, 4.69) is 6.58 Å². The Hall–Kier alpha value is -0.340. The summed E-state index contributed by atoms with van der Waals surface area (Å²) in [5, 5.41) is 9.03. The van der Waals surface area contributed by atoms with E-state index >= 15 is 0 Å². The number of hydrogen-bond donors (Lipinski definition) is 1. The van der Waals surface area contributed by atoms with Gasteiger partial charge in [0.15, 0.2) is 0 Å². The largest absolute Gasteiger partial charge is 0.390 e. The Morgan fingerprint density at radius 1 is 1.78 bits per heavy atom. The van der Waals surface area contributed by atoms with Crippen LogP contribution in [0.15, 0.2) is 12.2 Å². The Bertz CT molecular complexity index is 88.9. The predicted molar refractivity (Wildman–Crippen MR) is 37.3 cm³/mol. The van der Waals surface area contributed by atoms with Gasteiger partial charge in [-0.05, 0) is 13.3 Å². The van der Waals surface area contributed by atoms with Gasteiger partial charge in [-0.2, -0.15) is 0 Å². The van der Waals surface area contributed by atoms with Gasteiger partial charge in [-0.25, -0.2) is 0 Å². The van der Waals surface area contributed by atoms with E-state index in [0.717, 1.165) is 5.57 Å². The summed E-state index contributed by atoms with van der Waals surface area (Å²) in [5.41, 5.74) is 0.986. The molecular weight excluding hydrogens is 116 g/mol. The van der Waals surface area contributed by atoms with E-state index in [1.165, 1.54) is 0 Å². The zero-order valence-corrected chi connectivity index (χ0v) is 6.05. The molecule has 1 unspecified atom stereocenters. The Labute approximate surface area is 56.1 Å². The summed E-state index contributed by atoms with van der Waals surface area (Å²) in [6, 6.07) is 0. The van der Waals surface area contributed by atoms with Crippen molar-refractivity contribution >= 4 is 0 Å². The molecule has 1 atom stereocenters. The zero-order chi connectivity index (χ0) is 7.28. The van der Waals surface area contributed by atoms with Crippen molar-refractivity contribution in [1.29, 1.82) is 0 Å². The molecule has 0 aromatic rings. The molecule has 0 aliphatic carbocycles. The minimum atomic E-state index is -0.382. The third-order valence-electron chi connectivity index (χ3n) is 0.943. The molecule has 0 bridgehead atoms. The molecule has 0 rings (SSSR count). The average molecular weight is 130 g/mol. The van der Waals surface area contributed by atoms with E-state index in [0.29, 0.717) is 13.0 Å². The lowest BCUT2D eigenvalue weighted by atomic mass is 10.2. The van der Waals surface area contributed by atoms with Gasteiger partial charge in [0, 0.05) is 7.11 Å². The predicted octanol–water partition coefficient (Wildman–Crippen LogP) is 0.960. The number of methoxy groups -OCH3 is 1. The summed E-state index contributed by atoms with van der Waals surface area (Å²) >= 11 is 0. The lowest BCUT2D eigenvalue weighted by molar-refractivity contribution is 0.0651. The van der Waals surface area contributed by atoms with Crippen LogP contribution >= 0.6 is 0 Å². The van der Waals surface area contributed by atoms with Crippen molar-refractivity contribution in [2.45, 2.75) is 19.4 Å². The van der Waals surface area contributed by atoms with Crippen LogP contribution in [0.25, 0.3) is 0 Å². The first kappa shape index (κ1) is 8.66. The standard InChI is InChI=1S/C7H14O2/c1-6(2)4-7(8)5-9-3/h7-8H,1,4-5H2,2-3H3. The SMILES string of the molecule is C=C(C)CC(O)COC. The van der Waals surface area contributed by atoms with Crippen molar-refractivity contribution in [3.63, 3.8) is 0 Å². The molecule has 0 saturated carbocycles. The summed E-state index contributed by atoms with van der Waals surface area (Å²) in [6.07, 6.45) is 0.251. The van der Waals surface area contributed by atoms with E-state index < -0.39 is 0 Å². The monoisotopic (exact) mass is 130 g/mol. The van der Waals surface area contributed by atoms with Gasteiger partial charge in [-0.15, -0.1) is 6.58 Å². The number of aliphatic hydroxyl groups excluding tert-OH is 1. The summed E-state index contributed by atoms with van der Waals surface area (Å²) in [4.78, 5) is 0. The van der Waals surface area contributed by atoms with Crippen molar-refractivity contribution in [1.82, 2.24) is 0 Å². The topological polar surface area (TPSA) is 29.5 Å². The molecule has 2 nitrogen and oxygen atoms in total. The molecule has 1 N–H and O–H groups in total. The quantitative estimate of drug-likeness (QED) is 0.574. The molecule has 0 spiro atoms. The summed E-state index contributed by atoms with van der Waals surface area (Å²) < 4.78 is 4.71.